The van der Waals surface area contributed by atoms with Crippen LogP contribution in [-0.4, -0.2) is 4.30 Å². The molecule has 0 heterocycles. The summed E-state index contributed by atoms with van der Waals surface area (Å²) >= 11 is 14.4. The van der Waals surface area contributed by atoms with E-state index in [1.807, 2.05) is 0 Å². The fraction of sp³-hybridized carbons (Fsp3) is 1.00. The van der Waals surface area contributed by atoms with Gasteiger partial charge in [-0.05, 0) is 0 Å². The van der Waals surface area contributed by atoms with Gasteiger partial charge in [0.05, 0.1) is 0 Å². The maximum absolute atomic E-state index is 4.81. The maximum Gasteiger partial charge on any atom is 1.00 e. The van der Waals surface area contributed by atoms with Crippen molar-refractivity contribution < 1.29 is 42.0 Å². The summed E-state index contributed by atoms with van der Waals surface area (Å²) in [6, 6.07) is 0. The fourth-order valence-electron chi connectivity index (χ4n) is 0. The Bertz CT molecular complexity index is 12.3. The third kappa shape index (κ3) is 35.2. The van der Waals surface area contributed by atoms with Crippen molar-refractivity contribution in [1.82, 2.24) is 0 Å². The normalized spacial score (nSPS) is 6.00. The van der Waals surface area contributed by atoms with Crippen LogP contribution in [0.1, 0.15) is 0 Å². The molecule has 0 saturated carbocycles. The maximum atomic E-state index is 4.81. The van der Waals surface area contributed by atoms with Crippen molar-refractivity contribution in [2.24, 2.45) is 0 Å². The minimum absolute atomic E-state index is 0. The molecule has 0 aromatic heterocycles. The fourth-order valence-corrected chi connectivity index (χ4v) is 0. The number of hydrogen-bond donors (Lipinski definition) is 0. The zero-order chi connectivity index (χ0) is 3.58. The molecular formula is CHCl4Na. The molecule has 0 atom stereocenters. The Balaban J connectivity index is -0.0000000450. The van der Waals surface area contributed by atoms with Gasteiger partial charge < -0.3 is 12.4 Å². The van der Waals surface area contributed by atoms with E-state index in [2.05, 4.69) is 0 Å². The average Bonchev–Trinajstić information content (AvgIpc) is 0.811. The second-order valence-electron chi connectivity index (χ2n) is 0.247. The molecule has 0 rings (SSSR count). The first-order valence-electron chi connectivity index (χ1n) is 0.655. The summed E-state index contributed by atoms with van der Waals surface area (Å²) in [6.07, 6.45) is 0. The SMILES string of the molecule is ClC(Cl)Cl.[Cl-].[Na+]. The third-order valence-electron chi connectivity index (χ3n) is 0. The number of halogens is 4. The predicted octanol–water partition coefficient (Wildman–Crippen LogP) is -4.01. The molecule has 0 aliphatic heterocycles. The van der Waals surface area contributed by atoms with Gasteiger partial charge in [0.25, 0.3) is 0 Å². The molecule has 0 aromatic rings. The average molecular weight is 178 g/mol. The van der Waals surface area contributed by atoms with Crippen LogP contribution in [0.3, 0.4) is 0 Å². The molecule has 0 saturated heterocycles. The van der Waals surface area contributed by atoms with Crippen molar-refractivity contribution in [3.05, 3.63) is 0 Å². The molecule has 0 N–H and O–H groups in total. The second-order valence-corrected chi connectivity index (χ2v) is 2.23. The molecule has 0 unspecified atom stereocenters. The molecule has 0 amide bonds. The zero-order valence-corrected chi connectivity index (χ0v) is 8.11. The molecule has 0 bridgehead atoms. The molecule has 5 heteroatoms. The number of rotatable bonds is 0. The van der Waals surface area contributed by atoms with Crippen molar-refractivity contribution in [2.75, 3.05) is 0 Å². The summed E-state index contributed by atoms with van der Waals surface area (Å²) in [5.41, 5.74) is 0. The van der Waals surface area contributed by atoms with Gasteiger partial charge >= 0.3 is 29.6 Å². The number of alkyl halides is 3. The quantitative estimate of drug-likeness (QED) is 0.262. The Labute approximate surface area is 80.2 Å². The van der Waals surface area contributed by atoms with Crippen LogP contribution < -0.4 is 42.0 Å². The van der Waals surface area contributed by atoms with E-state index in [0.717, 1.165) is 0 Å². The van der Waals surface area contributed by atoms with E-state index in [0.29, 0.717) is 0 Å². The van der Waals surface area contributed by atoms with E-state index >= 15 is 0 Å². The van der Waals surface area contributed by atoms with Gasteiger partial charge in [0, 0.05) is 0 Å². The predicted molar refractivity (Wildman–Crippen MR) is 21.3 cm³/mol. The van der Waals surface area contributed by atoms with Crippen LogP contribution in [0.2, 0.25) is 0 Å². The van der Waals surface area contributed by atoms with Crippen LogP contribution in [0, 0.1) is 0 Å². The Morgan fingerprint density at radius 2 is 1.00 bits per heavy atom. The monoisotopic (exact) mass is 176 g/mol. The molecule has 0 spiro atoms. The molecule has 0 aromatic carbocycles. The number of hydrogen-bond acceptors (Lipinski definition) is 0. The van der Waals surface area contributed by atoms with Crippen molar-refractivity contribution in [1.29, 1.82) is 0 Å². The summed E-state index contributed by atoms with van der Waals surface area (Å²) in [6.45, 7) is 0. The van der Waals surface area contributed by atoms with Crippen LogP contribution in [0.15, 0.2) is 0 Å². The second kappa shape index (κ2) is 10.2. The van der Waals surface area contributed by atoms with Crippen molar-refractivity contribution in [3.63, 3.8) is 0 Å². The summed E-state index contributed by atoms with van der Waals surface area (Å²) < 4.78 is -0.750. The zero-order valence-electron chi connectivity index (χ0n) is 3.09. The smallest absolute Gasteiger partial charge is 1.00 e. The van der Waals surface area contributed by atoms with E-state index in [1.54, 1.807) is 0 Å². The van der Waals surface area contributed by atoms with Gasteiger partial charge in [0.2, 0.25) is 0 Å². The summed E-state index contributed by atoms with van der Waals surface area (Å²) in [4.78, 5) is 0. The van der Waals surface area contributed by atoms with E-state index in [1.165, 1.54) is 0 Å². The Hall–Kier alpha value is 2.16. The van der Waals surface area contributed by atoms with Crippen LogP contribution >= 0.6 is 34.8 Å². The molecule has 0 fully saturated rings. The molecule has 0 nitrogen and oxygen atoms in total. The molecular weight excluding hydrogens is 177 g/mol. The van der Waals surface area contributed by atoms with Crippen molar-refractivity contribution >= 4 is 34.8 Å². The Kier molecular flexibility index (Phi) is 26.7. The van der Waals surface area contributed by atoms with Gasteiger partial charge in [-0.15, -0.1) is 0 Å². The van der Waals surface area contributed by atoms with E-state index in [-0.39, 0.29) is 42.0 Å². The van der Waals surface area contributed by atoms with Crippen molar-refractivity contribution in [3.8, 4) is 0 Å². The molecule has 6 heavy (non-hydrogen) atoms. The Morgan fingerprint density at radius 3 is 1.00 bits per heavy atom. The minimum atomic E-state index is -0.750. The van der Waals surface area contributed by atoms with Gasteiger partial charge in [0.1, 0.15) is 0 Å². The summed E-state index contributed by atoms with van der Waals surface area (Å²) in [7, 11) is 0. The minimum Gasteiger partial charge on any atom is -1.00 e. The van der Waals surface area contributed by atoms with Crippen LogP contribution in [0.4, 0.5) is 0 Å². The van der Waals surface area contributed by atoms with E-state index < -0.39 is 4.30 Å². The van der Waals surface area contributed by atoms with Crippen LogP contribution in [0.25, 0.3) is 0 Å². The summed E-state index contributed by atoms with van der Waals surface area (Å²) in [5.74, 6) is 0. The van der Waals surface area contributed by atoms with E-state index in [4.69, 9.17) is 34.8 Å². The van der Waals surface area contributed by atoms with Gasteiger partial charge in [-0.25, -0.2) is 0 Å². The first-order chi connectivity index (χ1) is 1.73. The first-order valence-corrected chi connectivity index (χ1v) is 1.96. The van der Waals surface area contributed by atoms with Gasteiger partial charge in [0.15, 0.2) is 4.30 Å². The Morgan fingerprint density at radius 1 is 1.00 bits per heavy atom. The largest absolute Gasteiger partial charge is 1.00 e. The van der Waals surface area contributed by atoms with Crippen LogP contribution in [-0.2, 0) is 0 Å². The third-order valence-corrected chi connectivity index (χ3v) is 0. The molecule has 34 valence electrons. The van der Waals surface area contributed by atoms with Gasteiger partial charge in [-0.3, -0.25) is 0 Å². The topological polar surface area (TPSA) is 0 Å². The summed E-state index contributed by atoms with van der Waals surface area (Å²) in [5, 5.41) is 0. The van der Waals surface area contributed by atoms with E-state index in [9.17, 15) is 0 Å². The van der Waals surface area contributed by atoms with Crippen LogP contribution in [0.5, 0.6) is 0 Å². The van der Waals surface area contributed by atoms with Gasteiger partial charge in [-0.1, -0.05) is 34.8 Å². The first kappa shape index (κ1) is 15.7. The molecule has 0 aliphatic rings. The van der Waals surface area contributed by atoms with Gasteiger partial charge in [-0.2, -0.15) is 0 Å². The molecule has 0 aliphatic carbocycles. The van der Waals surface area contributed by atoms with Crippen molar-refractivity contribution in [2.45, 2.75) is 4.30 Å². The molecule has 0 radical (unpaired) electrons. The standard InChI is InChI=1S/CHCl3.ClH.Na/c2-1(3)4;;/h1H;1H;/q;;+1/p-1.